The van der Waals surface area contributed by atoms with Gasteiger partial charge >= 0.3 is 0 Å². The van der Waals surface area contributed by atoms with Gasteiger partial charge in [-0.15, -0.1) is 11.8 Å². The molecule has 0 spiro atoms. The summed E-state index contributed by atoms with van der Waals surface area (Å²) < 4.78 is 8.14. The van der Waals surface area contributed by atoms with Crippen molar-refractivity contribution >= 4 is 29.2 Å². The smallest absolute Gasteiger partial charge is 0.138 e. The van der Waals surface area contributed by atoms with E-state index in [9.17, 15) is 5.26 Å². The standard InChI is InChI=1S/C20H20N4OS2/c1-26-18-9-14(16-11-23-19-4-2-3-6-24(16)19)8-17(15(18)10-21)25-12-20(22)5-7-27-13-20/h2-4,6,8-9,11H,5,7,12-13,22H2,1H3. The second-order valence-electron chi connectivity index (χ2n) is 6.69. The Balaban J connectivity index is 1.76. The van der Waals surface area contributed by atoms with E-state index in [0.29, 0.717) is 17.9 Å². The zero-order chi connectivity index (χ0) is 18.9. The Morgan fingerprint density at radius 2 is 2.33 bits per heavy atom. The number of imidazole rings is 1. The Morgan fingerprint density at radius 1 is 1.44 bits per heavy atom. The van der Waals surface area contributed by atoms with E-state index in [1.807, 2.05) is 65.1 Å². The van der Waals surface area contributed by atoms with Gasteiger partial charge in [0, 0.05) is 22.4 Å². The third-order valence-corrected chi connectivity index (χ3v) is 6.79. The van der Waals surface area contributed by atoms with Gasteiger partial charge in [-0.2, -0.15) is 17.0 Å². The number of aromatic nitrogens is 2. The average Bonchev–Trinajstić information content (AvgIpc) is 3.32. The minimum Gasteiger partial charge on any atom is -0.490 e. The molecule has 5 nitrogen and oxygen atoms in total. The zero-order valence-corrected chi connectivity index (χ0v) is 16.6. The van der Waals surface area contributed by atoms with Crippen molar-refractivity contribution in [3.63, 3.8) is 0 Å². The van der Waals surface area contributed by atoms with Crippen LogP contribution in [-0.4, -0.2) is 39.3 Å². The summed E-state index contributed by atoms with van der Waals surface area (Å²) in [6, 6.07) is 12.2. The number of hydrogen-bond donors (Lipinski definition) is 1. The maximum absolute atomic E-state index is 9.68. The maximum atomic E-state index is 9.68. The van der Waals surface area contributed by atoms with Crippen LogP contribution in [0.1, 0.15) is 12.0 Å². The fourth-order valence-electron chi connectivity index (χ4n) is 3.23. The topological polar surface area (TPSA) is 76.3 Å². The highest BCUT2D eigenvalue weighted by molar-refractivity contribution is 7.99. The average molecular weight is 397 g/mol. The van der Waals surface area contributed by atoms with E-state index in [1.54, 1.807) is 11.8 Å². The first-order valence-corrected chi connectivity index (χ1v) is 11.1. The number of hydrogen-bond acceptors (Lipinski definition) is 6. The van der Waals surface area contributed by atoms with Gasteiger partial charge in [0.15, 0.2) is 0 Å². The van der Waals surface area contributed by atoms with Gasteiger partial charge in [0.05, 0.1) is 17.4 Å². The molecule has 7 heteroatoms. The number of benzene rings is 1. The second kappa shape index (κ2) is 7.47. The molecule has 0 bridgehead atoms. The molecule has 2 aromatic heterocycles. The molecule has 4 rings (SSSR count). The van der Waals surface area contributed by atoms with Crippen LogP contribution in [0.5, 0.6) is 5.75 Å². The molecule has 1 aliphatic heterocycles. The number of rotatable bonds is 5. The molecule has 3 aromatic rings. The van der Waals surface area contributed by atoms with Crippen LogP contribution in [0.2, 0.25) is 0 Å². The lowest BCUT2D eigenvalue weighted by molar-refractivity contribution is 0.233. The quantitative estimate of drug-likeness (QED) is 0.661. The van der Waals surface area contributed by atoms with E-state index in [4.69, 9.17) is 10.5 Å². The molecule has 138 valence electrons. The number of nitriles is 1. The van der Waals surface area contributed by atoms with Crippen molar-refractivity contribution in [3.05, 3.63) is 48.3 Å². The summed E-state index contributed by atoms with van der Waals surface area (Å²) in [5.74, 6) is 2.53. The van der Waals surface area contributed by atoms with Crippen LogP contribution in [-0.2, 0) is 0 Å². The monoisotopic (exact) mass is 396 g/mol. The summed E-state index contributed by atoms with van der Waals surface area (Å²) in [7, 11) is 0. The highest BCUT2D eigenvalue weighted by Gasteiger charge is 2.31. The minimum absolute atomic E-state index is 0.323. The Kier molecular flexibility index (Phi) is 5.04. The lowest BCUT2D eigenvalue weighted by Gasteiger charge is -2.23. The molecule has 0 radical (unpaired) electrons. The van der Waals surface area contributed by atoms with E-state index >= 15 is 0 Å². The SMILES string of the molecule is CSc1cc(-c2cnc3ccccn23)cc(OCC2(N)CCSC2)c1C#N. The fourth-order valence-corrected chi connectivity index (χ4v) is 5.15. The summed E-state index contributed by atoms with van der Waals surface area (Å²) in [6.45, 7) is 0.416. The van der Waals surface area contributed by atoms with Crippen LogP contribution in [0.15, 0.2) is 47.6 Å². The Morgan fingerprint density at radius 3 is 3.07 bits per heavy atom. The molecule has 1 fully saturated rings. The predicted octanol–water partition coefficient (Wildman–Crippen LogP) is 3.81. The van der Waals surface area contributed by atoms with Gasteiger partial charge in [-0.05, 0) is 42.7 Å². The van der Waals surface area contributed by atoms with Crippen molar-refractivity contribution in [2.75, 3.05) is 24.4 Å². The first-order chi connectivity index (χ1) is 13.1. The first kappa shape index (κ1) is 18.2. The van der Waals surface area contributed by atoms with Gasteiger partial charge in [-0.1, -0.05) is 6.07 Å². The van der Waals surface area contributed by atoms with Crippen LogP contribution >= 0.6 is 23.5 Å². The molecule has 1 aromatic carbocycles. The summed E-state index contributed by atoms with van der Waals surface area (Å²) in [5, 5.41) is 9.68. The van der Waals surface area contributed by atoms with Gasteiger partial charge in [-0.3, -0.25) is 4.40 Å². The number of ether oxygens (including phenoxy) is 1. The largest absolute Gasteiger partial charge is 0.490 e. The molecule has 1 saturated heterocycles. The van der Waals surface area contributed by atoms with Gasteiger partial charge in [0.1, 0.15) is 29.6 Å². The van der Waals surface area contributed by atoms with Crippen molar-refractivity contribution in [1.29, 1.82) is 5.26 Å². The number of nitrogens with two attached hydrogens (primary N) is 1. The van der Waals surface area contributed by atoms with E-state index in [0.717, 1.165) is 39.7 Å². The molecule has 3 heterocycles. The van der Waals surface area contributed by atoms with Crippen molar-refractivity contribution in [2.24, 2.45) is 5.73 Å². The van der Waals surface area contributed by atoms with Crippen LogP contribution in [0.25, 0.3) is 16.9 Å². The highest BCUT2D eigenvalue weighted by atomic mass is 32.2. The maximum Gasteiger partial charge on any atom is 0.138 e. The lowest BCUT2D eigenvalue weighted by atomic mass is 10.0. The second-order valence-corrected chi connectivity index (χ2v) is 8.64. The van der Waals surface area contributed by atoms with Crippen molar-refractivity contribution in [1.82, 2.24) is 9.38 Å². The van der Waals surface area contributed by atoms with E-state index < -0.39 is 0 Å². The van der Waals surface area contributed by atoms with Crippen molar-refractivity contribution in [2.45, 2.75) is 16.9 Å². The fraction of sp³-hybridized carbons (Fsp3) is 0.300. The third kappa shape index (κ3) is 3.53. The molecule has 1 unspecified atom stereocenters. The van der Waals surface area contributed by atoms with Crippen LogP contribution < -0.4 is 10.5 Å². The number of pyridine rings is 1. The van der Waals surface area contributed by atoms with Crippen LogP contribution in [0, 0.1) is 11.3 Å². The molecule has 1 aliphatic rings. The summed E-state index contributed by atoms with van der Waals surface area (Å²) in [6.07, 6.45) is 6.74. The molecule has 27 heavy (non-hydrogen) atoms. The zero-order valence-electron chi connectivity index (χ0n) is 15.0. The number of thioether (sulfide) groups is 2. The predicted molar refractivity (Wildman–Crippen MR) is 111 cm³/mol. The van der Waals surface area contributed by atoms with Crippen molar-refractivity contribution < 1.29 is 4.74 Å². The molecule has 1 atom stereocenters. The normalized spacial score (nSPS) is 19.3. The highest BCUT2D eigenvalue weighted by Crippen LogP contribution is 2.36. The summed E-state index contributed by atoms with van der Waals surface area (Å²) >= 11 is 3.39. The Hall–Kier alpha value is -2.14. The Bertz CT molecular complexity index is 1020. The summed E-state index contributed by atoms with van der Waals surface area (Å²) in [5.41, 5.74) is 9.49. The van der Waals surface area contributed by atoms with Gasteiger partial charge < -0.3 is 10.5 Å². The third-order valence-electron chi connectivity index (χ3n) is 4.76. The number of fused-ring (bicyclic) bond motifs is 1. The van der Waals surface area contributed by atoms with Gasteiger partial charge in [0.2, 0.25) is 0 Å². The van der Waals surface area contributed by atoms with Crippen LogP contribution in [0.3, 0.4) is 0 Å². The van der Waals surface area contributed by atoms with E-state index in [-0.39, 0.29) is 5.54 Å². The Labute approximate surface area is 166 Å². The molecule has 0 amide bonds. The number of nitrogens with zero attached hydrogens (tertiary/aromatic N) is 3. The van der Waals surface area contributed by atoms with Gasteiger partial charge in [-0.25, -0.2) is 4.98 Å². The molecule has 2 N–H and O–H groups in total. The molecule has 0 saturated carbocycles. The van der Waals surface area contributed by atoms with Gasteiger partial charge in [0.25, 0.3) is 0 Å². The minimum atomic E-state index is -0.323. The van der Waals surface area contributed by atoms with E-state index in [2.05, 4.69) is 11.1 Å². The molecular weight excluding hydrogens is 376 g/mol. The molecular formula is C20H20N4OS2. The lowest BCUT2D eigenvalue weighted by Crippen LogP contribution is -2.45. The molecule has 0 aliphatic carbocycles. The van der Waals surface area contributed by atoms with Crippen LogP contribution in [0.4, 0.5) is 0 Å². The summed E-state index contributed by atoms with van der Waals surface area (Å²) in [4.78, 5) is 5.36. The van der Waals surface area contributed by atoms with Crippen molar-refractivity contribution in [3.8, 4) is 23.1 Å². The van der Waals surface area contributed by atoms with E-state index in [1.165, 1.54) is 0 Å². The first-order valence-electron chi connectivity index (χ1n) is 8.67.